The van der Waals surface area contributed by atoms with Gasteiger partial charge in [0.25, 0.3) is 0 Å². The second kappa shape index (κ2) is 4.96. The Labute approximate surface area is 74.2 Å². The second-order valence-electron chi connectivity index (χ2n) is 3.38. The monoisotopic (exact) mass is 167 g/mol. The fourth-order valence-electron chi connectivity index (χ4n) is 1.45. The predicted molar refractivity (Wildman–Crippen MR) is 49.9 cm³/mol. The van der Waals surface area contributed by atoms with E-state index in [-0.39, 0.29) is 5.78 Å². The molecule has 1 aliphatic heterocycles. The molecular formula is C10H17NO. The lowest BCUT2D eigenvalue weighted by Gasteiger charge is -2.16. The Morgan fingerprint density at radius 1 is 1.17 bits per heavy atom. The van der Waals surface area contributed by atoms with Gasteiger partial charge in [-0.15, -0.1) is 0 Å². The van der Waals surface area contributed by atoms with E-state index in [1.54, 1.807) is 13.0 Å². The van der Waals surface area contributed by atoms with Crippen LogP contribution in [0.1, 0.15) is 32.6 Å². The summed E-state index contributed by atoms with van der Waals surface area (Å²) < 4.78 is 0. The third kappa shape index (κ3) is 3.56. The van der Waals surface area contributed by atoms with E-state index in [2.05, 4.69) is 4.90 Å². The number of carbonyl (C=O) groups is 1. The first-order valence-electron chi connectivity index (χ1n) is 4.72. The normalized spacial score (nSPS) is 19.6. The van der Waals surface area contributed by atoms with Crippen molar-refractivity contribution in [3.8, 4) is 0 Å². The van der Waals surface area contributed by atoms with Crippen molar-refractivity contribution in [1.29, 1.82) is 0 Å². The zero-order valence-corrected chi connectivity index (χ0v) is 7.75. The molecule has 0 bridgehead atoms. The number of carbonyl (C=O) groups excluding carboxylic acids is 1. The Hall–Kier alpha value is -0.790. The fraction of sp³-hybridized carbons (Fsp3) is 0.700. The maximum atomic E-state index is 10.7. The molecule has 68 valence electrons. The lowest BCUT2D eigenvalue weighted by Crippen LogP contribution is -2.17. The zero-order chi connectivity index (χ0) is 8.81. The third-order valence-electron chi connectivity index (χ3n) is 2.16. The van der Waals surface area contributed by atoms with Crippen LogP contribution < -0.4 is 0 Å². The Morgan fingerprint density at radius 3 is 2.25 bits per heavy atom. The third-order valence-corrected chi connectivity index (χ3v) is 2.16. The van der Waals surface area contributed by atoms with Gasteiger partial charge in [-0.05, 0) is 25.8 Å². The van der Waals surface area contributed by atoms with Crippen molar-refractivity contribution < 1.29 is 4.79 Å². The Bertz CT molecular complexity index is 167. The molecule has 1 fully saturated rings. The number of likely N-dealkylation sites (tertiary alicyclic amines) is 1. The van der Waals surface area contributed by atoms with Gasteiger partial charge in [0, 0.05) is 19.3 Å². The minimum atomic E-state index is 0.138. The summed E-state index contributed by atoms with van der Waals surface area (Å²) >= 11 is 0. The van der Waals surface area contributed by atoms with E-state index in [0.29, 0.717) is 0 Å². The minimum absolute atomic E-state index is 0.138. The number of hydrogen-bond acceptors (Lipinski definition) is 2. The first-order valence-corrected chi connectivity index (χ1v) is 4.72. The van der Waals surface area contributed by atoms with Crippen LogP contribution in [0.2, 0.25) is 0 Å². The number of hydrogen-bond donors (Lipinski definition) is 0. The van der Waals surface area contributed by atoms with E-state index in [1.165, 1.54) is 25.7 Å². The van der Waals surface area contributed by atoms with Crippen LogP contribution >= 0.6 is 0 Å². The molecule has 0 atom stereocenters. The highest BCUT2D eigenvalue weighted by Crippen LogP contribution is 2.09. The molecule has 0 saturated carbocycles. The molecule has 0 unspecified atom stereocenters. The SMILES string of the molecule is CC(=O)/C=C/N1CCCCCC1. The van der Waals surface area contributed by atoms with Gasteiger partial charge in [-0.3, -0.25) is 4.79 Å². The molecule has 0 aliphatic carbocycles. The molecule has 1 heterocycles. The number of rotatable bonds is 2. The Balaban J connectivity index is 2.34. The lowest BCUT2D eigenvalue weighted by atomic mass is 10.2. The van der Waals surface area contributed by atoms with Crippen LogP contribution in [0, 0.1) is 0 Å². The van der Waals surface area contributed by atoms with E-state index >= 15 is 0 Å². The van der Waals surface area contributed by atoms with E-state index in [4.69, 9.17) is 0 Å². The average Bonchev–Trinajstić information content (AvgIpc) is 2.28. The van der Waals surface area contributed by atoms with E-state index < -0.39 is 0 Å². The number of nitrogens with zero attached hydrogens (tertiary/aromatic N) is 1. The predicted octanol–water partition coefficient (Wildman–Crippen LogP) is 1.97. The maximum absolute atomic E-state index is 10.7. The Morgan fingerprint density at radius 2 is 1.75 bits per heavy atom. The largest absolute Gasteiger partial charge is 0.377 e. The van der Waals surface area contributed by atoms with Crippen LogP contribution in [-0.2, 0) is 4.79 Å². The summed E-state index contributed by atoms with van der Waals surface area (Å²) in [5, 5.41) is 0. The van der Waals surface area contributed by atoms with Gasteiger partial charge in [-0.1, -0.05) is 12.8 Å². The Kier molecular flexibility index (Phi) is 3.85. The van der Waals surface area contributed by atoms with Gasteiger partial charge in [-0.25, -0.2) is 0 Å². The molecule has 0 radical (unpaired) electrons. The first-order chi connectivity index (χ1) is 5.79. The molecule has 0 spiro atoms. The van der Waals surface area contributed by atoms with Crippen LogP contribution in [0.4, 0.5) is 0 Å². The fourth-order valence-corrected chi connectivity index (χ4v) is 1.45. The smallest absolute Gasteiger partial charge is 0.154 e. The maximum Gasteiger partial charge on any atom is 0.154 e. The molecule has 2 nitrogen and oxygen atoms in total. The van der Waals surface area contributed by atoms with Gasteiger partial charge < -0.3 is 4.90 Å². The molecule has 0 N–H and O–H groups in total. The lowest BCUT2D eigenvalue weighted by molar-refractivity contribution is -0.112. The van der Waals surface area contributed by atoms with Crippen molar-refractivity contribution >= 4 is 5.78 Å². The molecule has 0 amide bonds. The quantitative estimate of drug-likeness (QED) is 0.586. The average molecular weight is 167 g/mol. The first kappa shape index (κ1) is 9.30. The van der Waals surface area contributed by atoms with Gasteiger partial charge in [-0.2, -0.15) is 0 Å². The molecule has 0 aromatic carbocycles. The number of ketones is 1. The summed E-state index contributed by atoms with van der Waals surface area (Å²) in [5.41, 5.74) is 0. The van der Waals surface area contributed by atoms with Gasteiger partial charge in [0.2, 0.25) is 0 Å². The summed E-state index contributed by atoms with van der Waals surface area (Å²) in [6.45, 7) is 3.82. The van der Waals surface area contributed by atoms with Crippen LogP contribution in [0.5, 0.6) is 0 Å². The van der Waals surface area contributed by atoms with Gasteiger partial charge in [0.1, 0.15) is 0 Å². The second-order valence-corrected chi connectivity index (χ2v) is 3.38. The summed E-state index contributed by atoms with van der Waals surface area (Å²) in [4.78, 5) is 12.9. The van der Waals surface area contributed by atoms with E-state index in [1.807, 2.05) is 6.20 Å². The van der Waals surface area contributed by atoms with E-state index in [0.717, 1.165) is 13.1 Å². The van der Waals surface area contributed by atoms with Crippen LogP contribution in [0.3, 0.4) is 0 Å². The van der Waals surface area contributed by atoms with Gasteiger partial charge in [0.15, 0.2) is 5.78 Å². The van der Waals surface area contributed by atoms with Gasteiger partial charge >= 0.3 is 0 Å². The van der Waals surface area contributed by atoms with Crippen molar-refractivity contribution in [3.05, 3.63) is 12.3 Å². The summed E-state index contributed by atoms with van der Waals surface area (Å²) in [6, 6.07) is 0. The highest BCUT2D eigenvalue weighted by Gasteiger charge is 2.03. The van der Waals surface area contributed by atoms with Gasteiger partial charge in [0.05, 0.1) is 0 Å². The molecule has 1 aliphatic rings. The van der Waals surface area contributed by atoms with E-state index in [9.17, 15) is 4.79 Å². The summed E-state index contributed by atoms with van der Waals surface area (Å²) in [6.07, 6.45) is 8.80. The number of allylic oxidation sites excluding steroid dienone is 1. The highest BCUT2D eigenvalue weighted by molar-refractivity contribution is 5.87. The molecule has 2 heteroatoms. The zero-order valence-electron chi connectivity index (χ0n) is 7.75. The van der Waals surface area contributed by atoms with Crippen LogP contribution in [0.15, 0.2) is 12.3 Å². The summed E-state index contributed by atoms with van der Waals surface area (Å²) in [5.74, 6) is 0.138. The molecule has 12 heavy (non-hydrogen) atoms. The molecule has 0 aromatic heterocycles. The molecule has 0 aromatic rings. The van der Waals surface area contributed by atoms with Crippen molar-refractivity contribution in [2.75, 3.05) is 13.1 Å². The van der Waals surface area contributed by atoms with Crippen molar-refractivity contribution in [2.45, 2.75) is 32.6 Å². The molecule has 1 rings (SSSR count). The molecular weight excluding hydrogens is 150 g/mol. The van der Waals surface area contributed by atoms with Crippen molar-refractivity contribution in [1.82, 2.24) is 4.90 Å². The highest BCUT2D eigenvalue weighted by atomic mass is 16.1. The topological polar surface area (TPSA) is 20.3 Å². The van der Waals surface area contributed by atoms with Crippen molar-refractivity contribution in [2.24, 2.45) is 0 Å². The standard InChI is InChI=1S/C10H17NO/c1-10(12)6-9-11-7-4-2-3-5-8-11/h6,9H,2-5,7-8H2,1H3/b9-6+. The van der Waals surface area contributed by atoms with Crippen LogP contribution in [-0.4, -0.2) is 23.8 Å². The van der Waals surface area contributed by atoms with Crippen molar-refractivity contribution in [3.63, 3.8) is 0 Å². The minimum Gasteiger partial charge on any atom is -0.377 e. The summed E-state index contributed by atoms with van der Waals surface area (Å²) in [7, 11) is 0. The molecule has 1 saturated heterocycles. The van der Waals surface area contributed by atoms with Crippen LogP contribution in [0.25, 0.3) is 0 Å².